The molecule has 0 radical (unpaired) electrons. The molecule has 0 saturated heterocycles. The summed E-state index contributed by atoms with van der Waals surface area (Å²) < 4.78 is 4.22. The van der Waals surface area contributed by atoms with Crippen molar-refractivity contribution < 1.29 is 19.4 Å². The van der Waals surface area contributed by atoms with Crippen molar-refractivity contribution in [1.29, 1.82) is 0 Å². The van der Waals surface area contributed by atoms with E-state index in [0.29, 0.717) is 5.92 Å². The van der Waals surface area contributed by atoms with Gasteiger partial charge in [-0.1, -0.05) is 42.9 Å². The van der Waals surface area contributed by atoms with Crippen LogP contribution in [0.3, 0.4) is 0 Å². The van der Waals surface area contributed by atoms with E-state index in [-0.39, 0.29) is 18.9 Å². The molecule has 0 aromatic carbocycles. The van der Waals surface area contributed by atoms with E-state index in [2.05, 4.69) is 23.1 Å². The summed E-state index contributed by atoms with van der Waals surface area (Å²) in [6.45, 7) is 2.99. The molecule has 4 heteroatoms. The lowest BCUT2D eigenvalue weighted by atomic mass is 10.1. The highest BCUT2D eigenvalue weighted by atomic mass is 16.4. The third kappa shape index (κ3) is 8.41. The highest BCUT2D eigenvalue weighted by molar-refractivity contribution is 5.66. The van der Waals surface area contributed by atoms with Gasteiger partial charge in [-0.05, 0) is 18.4 Å². The monoisotopic (exact) mass is 277 g/mol. The quantitative estimate of drug-likeness (QED) is 0.418. The van der Waals surface area contributed by atoms with E-state index < -0.39 is 12.1 Å². The molecule has 0 bridgehead atoms. The molecule has 20 heavy (non-hydrogen) atoms. The molecule has 0 aliphatic heterocycles. The largest absolute Gasteiger partial charge is 0.579 e. The summed E-state index contributed by atoms with van der Waals surface area (Å²) in [6, 6.07) is 0. The predicted octanol–water partition coefficient (Wildman–Crippen LogP) is 1.30. The minimum atomic E-state index is -0.858. The van der Waals surface area contributed by atoms with Crippen LogP contribution in [0.1, 0.15) is 32.1 Å². The number of allylic oxidation sites excluding steroid dienone is 3. The SMILES string of the molecule is C=[O+]C(=O)CCC(O)C#C/C=C/C=C/C(O)CC1CC1. The van der Waals surface area contributed by atoms with Gasteiger partial charge in [-0.15, -0.1) is 0 Å². The molecule has 1 aliphatic carbocycles. The summed E-state index contributed by atoms with van der Waals surface area (Å²) >= 11 is 0. The van der Waals surface area contributed by atoms with Crippen molar-refractivity contribution in [2.75, 3.05) is 0 Å². The van der Waals surface area contributed by atoms with Gasteiger partial charge in [-0.2, -0.15) is 0 Å². The summed E-state index contributed by atoms with van der Waals surface area (Å²) in [4.78, 5) is 10.8. The smallest absolute Gasteiger partial charge is 0.389 e. The van der Waals surface area contributed by atoms with Crippen LogP contribution < -0.4 is 0 Å². The van der Waals surface area contributed by atoms with Gasteiger partial charge >= 0.3 is 5.97 Å². The van der Waals surface area contributed by atoms with Gasteiger partial charge in [0.05, 0.1) is 6.10 Å². The zero-order chi connectivity index (χ0) is 14.8. The molecule has 1 aliphatic rings. The van der Waals surface area contributed by atoms with Crippen LogP contribution in [0.2, 0.25) is 0 Å². The van der Waals surface area contributed by atoms with Gasteiger partial charge < -0.3 is 10.2 Å². The van der Waals surface area contributed by atoms with Crippen LogP contribution in [0.25, 0.3) is 0 Å². The fourth-order valence-corrected chi connectivity index (χ4v) is 1.61. The van der Waals surface area contributed by atoms with Crippen molar-refractivity contribution in [2.24, 2.45) is 5.92 Å². The van der Waals surface area contributed by atoms with E-state index in [0.717, 1.165) is 6.42 Å². The lowest BCUT2D eigenvalue weighted by molar-refractivity contribution is -0.369. The summed E-state index contributed by atoms with van der Waals surface area (Å²) in [5, 5.41) is 19.1. The third-order valence-electron chi connectivity index (χ3n) is 2.93. The molecule has 4 nitrogen and oxygen atoms in total. The van der Waals surface area contributed by atoms with Crippen molar-refractivity contribution in [3.63, 3.8) is 0 Å². The number of carbonyl (C=O) groups is 1. The van der Waals surface area contributed by atoms with Crippen LogP contribution in [0.15, 0.2) is 24.3 Å². The van der Waals surface area contributed by atoms with Crippen molar-refractivity contribution in [3.05, 3.63) is 24.3 Å². The van der Waals surface area contributed by atoms with E-state index in [1.165, 1.54) is 12.8 Å². The zero-order valence-corrected chi connectivity index (χ0v) is 11.5. The predicted molar refractivity (Wildman–Crippen MR) is 76.8 cm³/mol. The molecular formula is C16H21O4+. The fourth-order valence-electron chi connectivity index (χ4n) is 1.61. The molecule has 2 N–H and O–H groups in total. The lowest BCUT2D eigenvalue weighted by Crippen LogP contribution is -2.07. The Kier molecular flexibility index (Phi) is 7.56. The Morgan fingerprint density at radius 3 is 2.80 bits per heavy atom. The molecule has 2 atom stereocenters. The van der Waals surface area contributed by atoms with Gasteiger partial charge in [0.2, 0.25) is 0 Å². The summed E-state index contributed by atoms with van der Waals surface area (Å²) in [5.74, 6) is 5.49. The van der Waals surface area contributed by atoms with E-state index in [4.69, 9.17) is 0 Å². The van der Waals surface area contributed by atoms with Crippen LogP contribution in [0, 0.1) is 17.8 Å². The van der Waals surface area contributed by atoms with Crippen molar-refractivity contribution in [2.45, 2.75) is 44.3 Å². The first-order valence-electron chi connectivity index (χ1n) is 6.77. The maximum absolute atomic E-state index is 10.8. The number of hydrogen-bond acceptors (Lipinski definition) is 3. The van der Waals surface area contributed by atoms with E-state index in [1.807, 2.05) is 0 Å². The second-order valence-corrected chi connectivity index (χ2v) is 4.85. The zero-order valence-electron chi connectivity index (χ0n) is 11.5. The average Bonchev–Trinajstić information content (AvgIpc) is 3.23. The average molecular weight is 277 g/mol. The molecule has 108 valence electrons. The molecule has 2 unspecified atom stereocenters. The minimum absolute atomic E-state index is 0.0936. The number of aliphatic hydroxyl groups excluding tert-OH is 2. The molecule has 1 fully saturated rings. The van der Waals surface area contributed by atoms with Gasteiger partial charge in [0.25, 0.3) is 0 Å². The van der Waals surface area contributed by atoms with Crippen LogP contribution in [-0.4, -0.2) is 35.2 Å². The van der Waals surface area contributed by atoms with E-state index in [9.17, 15) is 15.0 Å². The second-order valence-electron chi connectivity index (χ2n) is 4.85. The third-order valence-corrected chi connectivity index (χ3v) is 2.93. The Morgan fingerprint density at radius 2 is 2.15 bits per heavy atom. The normalized spacial score (nSPS) is 17.7. The molecule has 0 aromatic heterocycles. The number of carbonyl (C=O) groups excluding carboxylic acids is 2. The van der Waals surface area contributed by atoms with E-state index >= 15 is 0 Å². The van der Waals surface area contributed by atoms with Crippen LogP contribution in [0.4, 0.5) is 0 Å². The number of aliphatic hydroxyl groups is 2. The topological polar surface area (TPSA) is 68.8 Å². The molecule has 1 rings (SSSR count). The highest BCUT2D eigenvalue weighted by Gasteiger charge is 2.23. The fraction of sp³-hybridized carbons (Fsp3) is 0.500. The second kappa shape index (κ2) is 9.24. The molecule has 0 aromatic rings. The van der Waals surface area contributed by atoms with Gasteiger partial charge in [-0.3, -0.25) is 4.42 Å². The first-order chi connectivity index (χ1) is 9.61. The first kappa shape index (κ1) is 16.4. The number of hydrogen-bond donors (Lipinski definition) is 2. The Bertz CT molecular complexity index is 435. The van der Waals surface area contributed by atoms with Crippen molar-refractivity contribution in [1.82, 2.24) is 0 Å². The lowest BCUT2D eigenvalue weighted by Gasteiger charge is -2.01. The van der Waals surface area contributed by atoms with Gasteiger partial charge in [0, 0.05) is 11.2 Å². The Balaban J connectivity index is 2.18. The Hall–Kier alpha value is -1.70. The van der Waals surface area contributed by atoms with Crippen LogP contribution in [-0.2, 0) is 9.22 Å². The molecule has 0 spiro atoms. The molecular weight excluding hydrogens is 256 g/mol. The van der Waals surface area contributed by atoms with Crippen molar-refractivity contribution >= 4 is 12.8 Å². The van der Waals surface area contributed by atoms with Gasteiger partial charge in [0.1, 0.15) is 12.5 Å². The maximum atomic E-state index is 10.8. The standard InChI is InChI=1S/C16H21O4/c1-20-16(19)11-10-14(17)6-4-2-3-5-7-15(18)12-13-8-9-13/h2-3,5,7,13-15,17-18H,1,8-12H2/q+1/b3-2+,7-5+. The van der Waals surface area contributed by atoms with Crippen LogP contribution in [0.5, 0.6) is 0 Å². The summed E-state index contributed by atoms with van der Waals surface area (Å²) in [5.41, 5.74) is 0. The summed E-state index contributed by atoms with van der Waals surface area (Å²) in [7, 11) is 0. The maximum Gasteiger partial charge on any atom is 0.579 e. The van der Waals surface area contributed by atoms with Crippen LogP contribution >= 0.6 is 0 Å². The Labute approximate surface area is 119 Å². The highest BCUT2D eigenvalue weighted by Crippen LogP contribution is 2.33. The van der Waals surface area contributed by atoms with Gasteiger partial charge in [-0.25, -0.2) is 0 Å². The minimum Gasteiger partial charge on any atom is -0.389 e. The molecule has 0 heterocycles. The molecule has 0 amide bonds. The number of rotatable bonds is 7. The molecule has 1 saturated carbocycles. The van der Waals surface area contributed by atoms with E-state index in [1.54, 1.807) is 24.3 Å². The van der Waals surface area contributed by atoms with Gasteiger partial charge in [0.15, 0.2) is 6.79 Å². The Morgan fingerprint density at radius 1 is 1.40 bits per heavy atom. The first-order valence-corrected chi connectivity index (χ1v) is 6.77. The van der Waals surface area contributed by atoms with Crippen molar-refractivity contribution in [3.8, 4) is 11.8 Å². The summed E-state index contributed by atoms with van der Waals surface area (Å²) in [6.07, 6.45) is 9.13.